The van der Waals surface area contributed by atoms with Crippen LogP contribution in [0.4, 0.5) is 0 Å². The summed E-state index contributed by atoms with van der Waals surface area (Å²) < 4.78 is 49.2. The Kier molecular flexibility index (Phi) is 16.7. The quantitative estimate of drug-likeness (QED) is 0.0621. The van der Waals surface area contributed by atoms with E-state index < -0.39 is 36.4 Å². The maximum Gasteiger partial charge on any atom is 0.313 e. The molecule has 352 valence electrons. The smallest absolute Gasteiger partial charge is 0.313 e. The van der Waals surface area contributed by atoms with Crippen LogP contribution in [-0.4, -0.2) is 105 Å². The number of carbonyl (C=O) groups excluding carboxylic acids is 2. The third kappa shape index (κ3) is 14.4. The summed E-state index contributed by atoms with van der Waals surface area (Å²) in [4.78, 5) is 53.2. The third-order valence-corrected chi connectivity index (χ3v) is 11.7. The lowest BCUT2D eigenvalue weighted by Gasteiger charge is -2.36. The van der Waals surface area contributed by atoms with Crippen molar-refractivity contribution in [2.45, 2.75) is 59.2 Å². The molecule has 2 amide bonds. The van der Waals surface area contributed by atoms with E-state index >= 15 is 0 Å². The average molecular weight is 933 g/mol. The molecule has 0 spiro atoms. The second-order valence-corrected chi connectivity index (χ2v) is 17.3. The normalized spacial score (nSPS) is 13.5. The largest absolute Gasteiger partial charge is 0.493 e. The number of ether oxygens (including phenoxy) is 2. The molecule has 1 aliphatic heterocycles. The van der Waals surface area contributed by atoms with Gasteiger partial charge in [0.05, 0.1) is 34.9 Å². The molecule has 1 aliphatic rings. The monoisotopic (exact) mass is 932 g/mol. The molecule has 0 radical (unpaired) electrons. The Balaban J connectivity index is 0.000000230. The van der Waals surface area contributed by atoms with E-state index in [-0.39, 0.29) is 36.3 Å². The molecule has 0 unspecified atom stereocenters. The molecule has 0 bridgehead atoms. The number of thioether (sulfide) groups is 1. The van der Waals surface area contributed by atoms with Crippen molar-refractivity contribution < 1.29 is 51.8 Å². The zero-order chi connectivity index (χ0) is 50.4. The van der Waals surface area contributed by atoms with Crippen LogP contribution < -0.4 is 9.47 Å². The molecule has 0 atom stereocenters. The second kappa shape index (κ2) is 24.7. The number of carbonyl (C=O) groups is 4. The first-order valence-electron chi connectivity index (χ1n) is 23.5. The third-order valence-electron chi connectivity index (χ3n) is 10.7. The van der Waals surface area contributed by atoms with Crippen LogP contribution >= 0.6 is 11.8 Å². The number of furan rings is 2. The van der Waals surface area contributed by atoms with Crippen molar-refractivity contribution in [1.82, 2.24) is 14.7 Å². The van der Waals surface area contributed by atoms with Gasteiger partial charge < -0.3 is 38.3 Å². The van der Waals surface area contributed by atoms with E-state index in [0.717, 1.165) is 22.5 Å². The van der Waals surface area contributed by atoms with Gasteiger partial charge in [0.1, 0.15) is 29.6 Å². The van der Waals surface area contributed by atoms with Crippen LogP contribution in [0.3, 0.4) is 0 Å². The molecule has 2 aromatic heterocycles. The van der Waals surface area contributed by atoms with Crippen LogP contribution in [0, 0.1) is 5.92 Å². The average Bonchev–Trinajstić information content (AvgIpc) is 4.07. The van der Waals surface area contributed by atoms with Crippen molar-refractivity contribution in [2.24, 2.45) is 5.92 Å². The van der Waals surface area contributed by atoms with E-state index in [2.05, 4.69) is 0 Å². The number of hydrogen-bond acceptors (Lipinski definition) is 10. The topological polar surface area (TPSA) is 163 Å². The van der Waals surface area contributed by atoms with Gasteiger partial charge in [-0.3, -0.25) is 24.1 Å². The number of likely N-dealkylation sites (tertiary alicyclic amines) is 1. The van der Waals surface area contributed by atoms with Gasteiger partial charge in [0, 0.05) is 78.1 Å². The highest BCUT2D eigenvalue weighted by molar-refractivity contribution is 7.99. The van der Waals surface area contributed by atoms with Gasteiger partial charge in [0.15, 0.2) is 0 Å². The van der Waals surface area contributed by atoms with Gasteiger partial charge in [-0.05, 0) is 101 Å². The molecule has 1 saturated heterocycles. The summed E-state index contributed by atoms with van der Waals surface area (Å²) in [6, 6.07) is 34.0. The standard InChI is InChI=1S/C27H30N2O5.C26H29NO5S/c1-19(2)29(26(30)21-11-9-20(10-12-21)24-8-5-14-33-24)18-22-6-3-4-7-25(22)34-15-13-28-16-23(17-28)27(31)32;1-19(2)27(26(30)21-12-10-20(11-13-21)23-9-5-14-31-23)17-22-7-3-4-8-24(22)32-15-6-16-33-18-25(28)29/h3-12,14,19,23H,13,15-18H2,1-2H3,(H,31,32);3-5,7-14,19H,6,15-18H2,1-2H3,(H,28,29)/i18D2;19D. The predicted octanol–water partition coefficient (Wildman–Crippen LogP) is 9.98. The summed E-state index contributed by atoms with van der Waals surface area (Å²) in [7, 11) is 0. The predicted molar refractivity (Wildman–Crippen MR) is 259 cm³/mol. The molecule has 14 heteroatoms. The molecule has 2 N–H and O–H groups in total. The number of carboxylic acid groups (broad SMARTS) is 2. The zero-order valence-corrected chi connectivity index (χ0v) is 38.9. The summed E-state index contributed by atoms with van der Waals surface area (Å²) in [6.07, 6.45) is 3.90. The van der Waals surface area contributed by atoms with Gasteiger partial charge in [0.2, 0.25) is 0 Å². The summed E-state index contributed by atoms with van der Waals surface area (Å²) >= 11 is 1.35. The summed E-state index contributed by atoms with van der Waals surface area (Å²) in [5, 5.41) is 17.7. The molecular formula is C53H59N3O10S. The number of nitrogens with zero attached hydrogens (tertiary/aromatic N) is 3. The maximum absolute atomic E-state index is 13.5. The van der Waals surface area contributed by atoms with E-state index in [4.69, 9.17) is 32.6 Å². The van der Waals surface area contributed by atoms with Crippen molar-refractivity contribution in [3.8, 4) is 34.1 Å². The molecule has 6 aromatic rings. The van der Waals surface area contributed by atoms with Crippen LogP contribution in [0.25, 0.3) is 22.6 Å². The number of amides is 2. The van der Waals surface area contributed by atoms with Gasteiger partial charge >= 0.3 is 11.9 Å². The maximum atomic E-state index is 13.5. The van der Waals surface area contributed by atoms with Crippen molar-refractivity contribution in [3.63, 3.8) is 0 Å². The van der Waals surface area contributed by atoms with Crippen molar-refractivity contribution >= 4 is 35.5 Å². The van der Waals surface area contributed by atoms with Crippen LogP contribution in [0.1, 0.15) is 70.1 Å². The van der Waals surface area contributed by atoms with Gasteiger partial charge in [-0.25, -0.2) is 0 Å². The number of hydrogen-bond donors (Lipinski definition) is 2. The first kappa shape index (κ1) is 45.4. The van der Waals surface area contributed by atoms with E-state index in [1.165, 1.54) is 21.6 Å². The highest BCUT2D eigenvalue weighted by Crippen LogP contribution is 2.27. The van der Waals surface area contributed by atoms with Gasteiger partial charge in [-0.2, -0.15) is 11.8 Å². The minimum Gasteiger partial charge on any atom is -0.493 e. The molecule has 13 nitrogen and oxygen atoms in total. The van der Waals surface area contributed by atoms with E-state index in [1.807, 2.05) is 59.5 Å². The first-order chi connectivity index (χ1) is 33.4. The Hall–Kier alpha value is -6.77. The Morgan fingerprint density at radius 3 is 1.75 bits per heavy atom. The Morgan fingerprint density at radius 2 is 1.24 bits per heavy atom. The highest BCUT2D eigenvalue weighted by Gasteiger charge is 2.32. The molecule has 3 heterocycles. The Morgan fingerprint density at radius 1 is 0.716 bits per heavy atom. The number of rotatable bonds is 22. The number of benzene rings is 4. The van der Waals surface area contributed by atoms with E-state index in [9.17, 15) is 19.2 Å². The minimum atomic E-state index is -2.15. The lowest BCUT2D eigenvalue weighted by atomic mass is 10.0. The fourth-order valence-electron chi connectivity index (χ4n) is 7.04. The van der Waals surface area contributed by atoms with Crippen molar-refractivity contribution in [2.75, 3.05) is 44.4 Å². The molecule has 67 heavy (non-hydrogen) atoms. The fourth-order valence-corrected chi connectivity index (χ4v) is 7.68. The fraction of sp³-hybridized carbons (Fsp3) is 0.321. The first-order valence-corrected chi connectivity index (χ1v) is 23.2. The SMILES string of the molecule is [2H]C(C)(C)N(Cc1ccccc1OCCCSCC(=O)O)C(=O)c1ccc(-c2ccco2)cc1.[2H]C([2H])(c1ccccc1OCCN1CC(C(=O)O)C1)N(C(=O)c1ccc(-c2ccco2)cc1)C(C)C. The summed E-state index contributed by atoms with van der Waals surface area (Å²) in [5.74, 6) is 0.547. The second-order valence-electron chi connectivity index (χ2n) is 16.2. The van der Waals surface area contributed by atoms with Crippen LogP contribution in [-0.2, 0) is 22.6 Å². The molecule has 0 saturated carbocycles. The molecule has 0 aliphatic carbocycles. The molecule has 7 rings (SSSR count). The van der Waals surface area contributed by atoms with Crippen LogP contribution in [0.5, 0.6) is 11.5 Å². The summed E-state index contributed by atoms with van der Waals surface area (Å²) in [5.41, 5.74) is 3.62. The summed E-state index contributed by atoms with van der Waals surface area (Å²) in [6.45, 7) is 7.22. The van der Waals surface area contributed by atoms with Crippen molar-refractivity contribution in [3.05, 3.63) is 156 Å². The zero-order valence-electron chi connectivity index (χ0n) is 41.1. The number of aliphatic carboxylic acids is 2. The number of carboxylic acids is 2. The van der Waals surface area contributed by atoms with Gasteiger partial charge in [-0.15, -0.1) is 0 Å². The lowest BCUT2D eigenvalue weighted by Crippen LogP contribution is -2.51. The highest BCUT2D eigenvalue weighted by atomic mass is 32.2. The van der Waals surface area contributed by atoms with Gasteiger partial charge in [0.25, 0.3) is 11.8 Å². The van der Waals surface area contributed by atoms with Crippen molar-refractivity contribution in [1.29, 1.82) is 0 Å². The van der Waals surface area contributed by atoms with E-state index in [0.29, 0.717) is 66.8 Å². The Bertz CT molecular complexity index is 2630. The Labute approximate surface area is 400 Å². The van der Waals surface area contributed by atoms with Gasteiger partial charge in [-0.1, -0.05) is 60.7 Å². The lowest BCUT2D eigenvalue weighted by molar-refractivity contribution is -0.147. The van der Waals surface area contributed by atoms with Crippen LogP contribution in [0.2, 0.25) is 0 Å². The minimum absolute atomic E-state index is 0.0781. The molecule has 1 fully saturated rings. The molecular weight excluding hydrogens is 871 g/mol. The molecule has 4 aromatic carbocycles. The van der Waals surface area contributed by atoms with E-state index in [1.54, 1.807) is 107 Å². The van der Waals surface area contributed by atoms with Crippen LogP contribution in [0.15, 0.2) is 143 Å². The number of para-hydroxylation sites is 2.